The molecule has 0 aliphatic carbocycles. The van der Waals surface area contributed by atoms with Crippen molar-refractivity contribution in [2.75, 3.05) is 26.9 Å². The molecule has 0 heterocycles. The number of rotatable bonds is 12. The van der Waals surface area contributed by atoms with E-state index in [9.17, 15) is 4.79 Å². The summed E-state index contributed by atoms with van der Waals surface area (Å²) in [6, 6.07) is 25.0. The van der Waals surface area contributed by atoms with Gasteiger partial charge in [0.2, 0.25) is 0 Å². The van der Waals surface area contributed by atoms with Crippen LogP contribution in [0.15, 0.2) is 78.9 Å². The van der Waals surface area contributed by atoms with Gasteiger partial charge in [0.1, 0.15) is 23.0 Å². The van der Waals surface area contributed by atoms with E-state index < -0.39 is 0 Å². The van der Waals surface area contributed by atoms with Gasteiger partial charge in [-0.05, 0) is 54.1 Å². The van der Waals surface area contributed by atoms with Crippen LogP contribution in [0.3, 0.4) is 0 Å². The molecule has 0 fully saturated rings. The van der Waals surface area contributed by atoms with Crippen LogP contribution >= 0.6 is 0 Å². The number of esters is 1. The Kier molecular flexibility index (Phi) is 8.76. The minimum Gasteiger partial charge on any atom is -0.493 e. The Morgan fingerprint density at radius 3 is 1.90 bits per heavy atom. The molecule has 0 atom stereocenters. The lowest BCUT2D eigenvalue weighted by molar-refractivity contribution is -0.139. The topological polar surface area (TPSA) is 66.0 Å². The fourth-order valence-electron chi connectivity index (χ4n) is 2.75. The van der Waals surface area contributed by atoms with Crippen molar-refractivity contribution in [3.63, 3.8) is 0 Å². The fraction of sp³-hybridized carbons (Fsp3) is 0.240. The molecule has 0 amide bonds. The van der Waals surface area contributed by atoms with Crippen LogP contribution in [0.2, 0.25) is 0 Å². The fourth-order valence-corrected chi connectivity index (χ4v) is 2.75. The number of carbonyl (C=O) groups is 1. The summed E-state index contributed by atoms with van der Waals surface area (Å²) in [4.78, 5) is 11.1. The van der Waals surface area contributed by atoms with E-state index in [1.807, 2.05) is 78.9 Å². The highest BCUT2D eigenvalue weighted by Gasteiger charge is 2.01. The van der Waals surface area contributed by atoms with E-state index in [0.717, 1.165) is 35.0 Å². The molecule has 0 bridgehead atoms. The van der Waals surface area contributed by atoms with E-state index in [4.69, 9.17) is 14.2 Å². The minimum atomic E-state index is -0.279. The van der Waals surface area contributed by atoms with Crippen molar-refractivity contribution in [1.82, 2.24) is 5.32 Å². The van der Waals surface area contributed by atoms with Gasteiger partial charge in [-0.1, -0.05) is 30.3 Å². The molecule has 162 valence electrons. The average Bonchev–Trinajstić information content (AvgIpc) is 2.81. The van der Waals surface area contributed by atoms with Gasteiger partial charge in [0, 0.05) is 13.0 Å². The third kappa shape index (κ3) is 8.03. The molecule has 0 aliphatic rings. The predicted molar refractivity (Wildman–Crippen MR) is 119 cm³/mol. The van der Waals surface area contributed by atoms with Crippen LogP contribution in [0, 0.1) is 0 Å². The van der Waals surface area contributed by atoms with Gasteiger partial charge in [-0.15, -0.1) is 0 Å². The Balaban J connectivity index is 1.30. The number of para-hydroxylation sites is 1. The Labute approximate surface area is 182 Å². The van der Waals surface area contributed by atoms with Gasteiger partial charge < -0.3 is 24.3 Å². The molecule has 6 nitrogen and oxygen atoms in total. The van der Waals surface area contributed by atoms with Crippen molar-refractivity contribution in [2.24, 2.45) is 0 Å². The maximum atomic E-state index is 11.1. The van der Waals surface area contributed by atoms with E-state index >= 15 is 0 Å². The van der Waals surface area contributed by atoms with Gasteiger partial charge in [-0.25, -0.2) is 0 Å². The molecule has 0 saturated heterocycles. The standard InChI is InChI=1S/C25H27NO5/c1-28-25(27)19-26-18-20-8-10-21(11-9-20)29-16-5-17-30-22-12-14-24(15-13-22)31-23-6-3-2-4-7-23/h2-4,6-15,26H,5,16-19H2,1H3. The first-order valence-corrected chi connectivity index (χ1v) is 10.2. The summed E-state index contributed by atoms with van der Waals surface area (Å²) in [5.41, 5.74) is 1.07. The first-order chi connectivity index (χ1) is 15.2. The third-order valence-corrected chi connectivity index (χ3v) is 4.38. The number of nitrogens with one attached hydrogen (secondary N) is 1. The van der Waals surface area contributed by atoms with Crippen molar-refractivity contribution in [3.05, 3.63) is 84.4 Å². The summed E-state index contributed by atoms with van der Waals surface area (Å²) in [6.45, 7) is 1.92. The highest BCUT2D eigenvalue weighted by molar-refractivity contribution is 5.71. The molecule has 0 saturated carbocycles. The van der Waals surface area contributed by atoms with Crippen LogP contribution in [0.4, 0.5) is 0 Å². The van der Waals surface area contributed by atoms with Crippen LogP contribution in [0.5, 0.6) is 23.0 Å². The second-order valence-electron chi connectivity index (χ2n) is 6.76. The van der Waals surface area contributed by atoms with Crippen LogP contribution in [0.1, 0.15) is 12.0 Å². The first kappa shape index (κ1) is 22.2. The van der Waals surface area contributed by atoms with E-state index in [2.05, 4.69) is 10.1 Å². The van der Waals surface area contributed by atoms with E-state index in [1.165, 1.54) is 7.11 Å². The van der Waals surface area contributed by atoms with Gasteiger partial charge >= 0.3 is 5.97 Å². The SMILES string of the molecule is COC(=O)CNCc1ccc(OCCCOc2ccc(Oc3ccccc3)cc2)cc1. The van der Waals surface area contributed by atoms with Gasteiger partial charge in [-0.2, -0.15) is 0 Å². The monoisotopic (exact) mass is 421 g/mol. The summed E-state index contributed by atoms with van der Waals surface area (Å²) in [5.74, 6) is 2.90. The molecule has 31 heavy (non-hydrogen) atoms. The molecular weight excluding hydrogens is 394 g/mol. The molecule has 6 heteroatoms. The maximum absolute atomic E-state index is 11.1. The molecule has 3 aromatic rings. The molecule has 0 aromatic heterocycles. The lowest BCUT2D eigenvalue weighted by Gasteiger charge is -2.10. The zero-order valence-electron chi connectivity index (χ0n) is 17.6. The Hall–Kier alpha value is -3.51. The van der Waals surface area contributed by atoms with E-state index in [0.29, 0.717) is 19.8 Å². The summed E-state index contributed by atoms with van der Waals surface area (Å²) in [7, 11) is 1.37. The largest absolute Gasteiger partial charge is 0.493 e. The van der Waals surface area contributed by atoms with Crippen molar-refractivity contribution >= 4 is 5.97 Å². The number of ether oxygens (including phenoxy) is 4. The molecular formula is C25H27NO5. The zero-order valence-corrected chi connectivity index (χ0v) is 17.6. The van der Waals surface area contributed by atoms with Crippen LogP contribution in [-0.4, -0.2) is 32.8 Å². The van der Waals surface area contributed by atoms with E-state index in [-0.39, 0.29) is 12.5 Å². The number of hydrogen-bond acceptors (Lipinski definition) is 6. The second kappa shape index (κ2) is 12.2. The third-order valence-electron chi connectivity index (χ3n) is 4.38. The highest BCUT2D eigenvalue weighted by atomic mass is 16.5. The summed E-state index contributed by atoms with van der Waals surface area (Å²) < 4.78 is 21.9. The molecule has 0 aliphatic heterocycles. The molecule has 0 radical (unpaired) electrons. The first-order valence-electron chi connectivity index (χ1n) is 10.2. The van der Waals surface area contributed by atoms with Gasteiger partial charge in [0.25, 0.3) is 0 Å². The van der Waals surface area contributed by atoms with Crippen LogP contribution < -0.4 is 19.5 Å². The normalized spacial score (nSPS) is 10.4. The quantitative estimate of drug-likeness (QED) is 0.341. The molecule has 0 unspecified atom stereocenters. The minimum absolute atomic E-state index is 0.192. The summed E-state index contributed by atoms with van der Waals surface area (Å²) >= 11 is 0. The Bertz CT molecular complexity index is 911. The zero-order chi connectivity index (χ0) is 21.7. The van der Waals surface area contributed by atoms with Crippen molar-refractivity contribution in [3.8, 4) is 23.0 Å². The number of carbonyl (C=O) groups excluding carboxylic acids is 1. The maximum Gasteiger partial charge on any atom is 0.319 e. The van der Waals surface area contributed by atoms with Crippen molar-refractivity contribution < 1.29 is 23.7 Å². The summed E-state index contributed by atoms with van der Waals surface area (Å²) in [5, 5.41) is 3.02. The Morgan fingerprint density at radius 2 is 1.29 bits per heavy atom. The van der Waals surface area contributed by atoms with Gasteiger partial charge in [0.05, 0.1) is 26.9 Å². The Morgan fingerprint density at radius 1 is 0.742 bits per heavy atom. The molecule has 1 N–H and O–H groups in total. The summed E-state index contributed by atoms with van der Waals surface area (Å²) in [6.07, 6.45) is 0.769. The van der Waals surface area contributed by atoms with Crippen molar-refractivity contribution in [2.45, 2.75) is 13.0 Å². The second-order valence-corrected chi connectivity index (χ2v) is 6.76. The van der Waals surface area contributed by atoms with Crippen LogP contribution in [0.25, 0.3) is 0 Å². The average molecular weight is 421 g/mol. The predicted octanol–water partition coefficient (Wildman–Crippen LogP) is 4.59. The van der Waals surface area contributed by atoms with Gasteiger partial charge in [0.15, 0.2) is 0 Å². The van der Waals surface area contributed by atoms with Crippen LogP contribution in [-0.2, 0) is 16.1 Å². The highest BCUT2D eigenvalue weighted by Crippen LogP contribution is 2.23. The number of methoxy groups -OCH3 is 1. The number of benzene rings is 3. The lowest BCUT2D eigenvalue weighted by atomic mass is 10.2. The number of hydrogen-bond donors (Lipinski definition) is 1. The molecule has 0 spiro atoms. The van der Waals surface area contributed by atoms with Gasteiger partial charge in [-0.3, -0.25) is 4.79 Å². The molecule has 3 rings (SSSR count). The van der Waals surface area contributed by atoms with E-state index in [1.54, 1.807) is 0 Å². The molecule has 3 aromatic carbocycles. The lowest BCUT2D eigenvalue weighted by Crippen LogP contribution is -2.23. The van der Waals surface area contributed by atoms with Crippen molar-refractivity contribution in [1.29, 1.82) is 0 Å². The smallest absolute Gasteiger partial charge is 0.319 e.